The normalized spacial score (nSPS) is 10.6. The van der Waals surface area contributed by atoms with E-state index in [1.165, 1.54) is 11.3 Å². The zero-order valence-corrected chi connectivity index (χ0v) is 14.7. The summed E-state index contributed by atoms with van der Waals surface area (Å²) < 4.78 is 1.94. The van der Waals surface area contributed by atoms with Crippen LogP contribution < -0.4 is 5.32 Å². The van der Waals surface area contributed by atoms with E-state index in [0.29, 0.717) is 16.1 Å². The van der Waals surface area contributed by atoms with Gasteiger partial charge in [0, 0.05) is 23.1 Å². The Morgan fingerprint density at radius 1 is 1.19 bits per heavy atom. The number of nitrogens with zero attached hydrogens (tertiary/aromatic N) is 3. The van der Waals surface area contributed by atoms with E-state index < -0.39 is 0 Å². The van der Waals surface area contributed by atoms with Gasteiger partial charge in [-0.25, -0.2) is 4.98 Å². The topological polar surface area (TPSA) is 70.2 Å². The molecule has 0 fully saturated rings. The highest BCUT2D eigenvalue weighted by molar-refractivity contribution is 7.19. The minimum absolute atomic E-state index is 0.200. The first-order valence-electron chi connectivity index (χ1n) is 8.01. The van der Waals surface area contributed by atoms with E-state index in [1.54, 1.807) is 24.3 Å². The number of anilines is 1. The molecule has 0 radical (unpaired) electrons. The second kappa shape index (κ2) is 6.47. The second-order valence-electron chi connectivity index (χ2n) is 5.81. The number of nitriles is 1. The van der Waals surface area contributed by atoms with Crippen LogP contribution in [0.15, 0.2) is 60.8 Å². The SMILES string of the molecule is Cc1c(C(=O)Nc2cccc(C#N)c2)sc2nc(-c3ccccc3)cn12. The fourth-order valence-corrected chi connectivity index (χ4v) is 3.77. The number of aryl methyl sites for hydroxylation is 1. The number of nitrogens with one attached hydrogen (secondary N) is 1. The maximum atomic E-state index is 12.6. The fraction of sp³-hybridized carbons (Fsp3) is 0.0500. The summed E-state index contributed by atoms with van der Waals surface area (Å²) in [5.41, 5.74) is 3.88. The highest BCUT2D eigenvalue weighted by atomic mass is 32.1. The summed E-state index contributed by atoms with van der Waals surface area (Å²) in [6, 6.07) is 18.9. The minimum Gasteiger partial charge on any atom is -0.321 e. The molecular formula is C20H14N4OS. The summed E-state index contributed by atoms with van der Waals surface area (Å²) >= 11 is 1.35. The molecule has 2 aromatic heterocycles. The quantitative estimate of drug-likeness (QED) is 0.586. The number of fused-ring (bicyclic) bond motifs is 1. The van der Waals surface area contributed by atoms with Gasteiger partial charge in [-0.3, -0.25) is 9.20 Å². The first-order valence-corrected chi connectivity index (χ1v) is 8.83. The molecule has 6 heteroatoms. The smallest absolute Gasteiger partial charge is 0.267 e. The maximum absolute atomic E-state index is 12.6. The third-order valence-electron chi connectivity index (χ3n) is 4.08. The van der Waals surface area contributed by atoms with Crippen LogP contribution in [-0.4, -0.2) is 15.3 Å². The molecule has 1 N–H and O–H groups in total. The molecule has 126 valence electrons. The van der Waals surface area contributed by atoms with Crippen LogP contribution in [0.5, 0.6) is 0 Å². The number of benzene rings is 2. The Balaban J connectivity index is 1.64. The number of amides is 1. The molecule has 0 aliphatic heterocycles. The number of carbonyl (C=O) groups is 1. The zero-order chi connectivity index (χ0) is 18.1. The Hall–Kier alpha value is -3.43. The summed E-state index contributed by atoms with van der Waals surface area (Å²) in [5.74, 6) is -0.200. The van der Waals surface area contributed by atoms with Gasteiger partial charge in [-0.05, 0) is 25.1 Å². The van der Waals surface area contributed by atoms with Crippen molar-refractivity contribution >= 4 is 27.9 Å². The highest BCUT2D eigenvalue weighted by Gasteiger charge is 2.18. The lowest BCUT2D eigenvalue weighted by Gasteiger charge is -2.04. The molecule has 0 bridgehead atoms. The van der Waals surface area contributed by atoms with Crippen molar-refractivity contribution in [3.05, 3.63) is 76.9 Å². The molecule has 26 heavy (non-hydrogen) atoms. The van der Waals surface area contributed by atoms with Crippen LogP contribution in [-0.2, 0) is 0 Å². The average molecular weight is 358 g/mol. The number of hydrogen-bond acceptors (Lipinski definition) is 4. The van der Waals surface area contributed by atoms with E-state index >= 15 is 0 Å². The lowest BCUT2D eigenvalue weighted by atomic mass is 10.2. The number of rotatable bonds is 3. The predicted molar refractivity (Wildman–Crippen MR) is 102 cm³/mol. The molecule has 2 aromatic carbocycles. The lowest BCUT2D eigenvalue weighted by Crippen LogP contribution is -2.12. The molecule has 0 spiro atoms. The van der Waals surface area contributed by atoms with Crippen molar-refractivity contribution in [2.75, 3.05) is 5.32 Å². The molecule has 1 amide bonds. The molecular weight excluding hydrogens is 344 g/mol. The molecule has 0 aliphatic rings. The van der Waals surface area contributed by atoms with Gasteiger partial charge in [0.05, 0.1) is 17.3 Å². The lowest BCUT2D eigenvalue weighted by molar-refractivity contribution is 0.102. The van der Waals surface area contributed by atoms with Crippen LogP contribution in [0.4, 0.5) is 5.69 Å². The Labute approximate surface area is 154 Å². The fourth-order valence-electron chi connectivity index (χ4n) is 2.76. The van der Waals surface area contributed by atoms with Gasteiger partial charge in [0.25, 0.3) is 5.91 Å². The molecule has 0 atom stereocenters. The number of thiazole rings is 1. The second-order valence-corrected chi connectivity index (χ2v) is 6.79. The van der Waals surface area contributed by atoms with Gasteiger partial charge in [0.15, 0.2) is 4.96 Å². The van der Waals surface area contributed by atoms with E-state index in [1.807, 2.05) is 47.9 Å². The number of aromatic nitrogens is 2. The van der Waals surface area contributed by atoms with E-state index in [4.69, 9.17) is 5.26 Å². The largest absolute Gasteiger partial charge is 0.321 e. The Morgan fingerprint density at radius 3 is 2.73 bits per heavy atom. The molecule has 2 heterocycles. The monoisotopic (exact) mass is 358 g/mol. The van der Waals surface area contributed by atoms with Crippen molar-refractivity contribution in [3.8, 4) is 17.3 Å². The van der Waals surface area contributed by atoms with Gasteiger partial charge in [-0.2, -0.15) is 5.26 Å². The maximum Gasteiger partial charge on any atom is 0.267 e. The van der Waals surface area contributed by atoms with Gasteiger partial charge in [-0.1, -0.05) is 47.7 Å². The van der Waals surface area contributed by atoms with Crippen LogP contribution in [0.25, 0.3) is 16.2 Å². The van der Waals surface area contributed by atoms with Crippen LogP contribution in [0, 0.1) is 18.3 Å². The first kappa shape index (κ1) is 16.1. The molecule has 5 nitrogen and oxygen atoms in total. The van der Waals surface area contributed by atoms with E-state index in [0.717, 1.165) is 21.9 Å². The van der Waals surface area contributed by atoms with Crippen LogP contribution >= 0.6 is 11.3 Å². The number of carbonyl (C=O) groups excluding carboxylic acids is 1. The van der Waals surface area contributed by atoms with Crippen LogP contribution in [0.2, 0.25) is 0 Å². The van der Waals surface area contributed by atoms with Crippen molar-refractivity contribution in [3.63, 3.8) is 0 Å². The van der Waals surface area contributed by atoms with E-state index in [-0.39, 0.29) is 5.91 Å². The highest BCUT2D eigenvalue weighted by Crippen LogP contribution is 2.27. The van der Waals surface area contributed by atoms with Gasteiger partial charge in [0.1, 0.15) is 4.88 Å². The standard InChI is InChI=1S/C20H14N4OS/c1-13-18(19(25)22-16-9-5-6-14(10-16)11-21)26-20-23-17(12-24(13)20)15-7-3-2-4-8-15/h2-10,12H,1H3,(H,22,25). The van der Waals surface area contributed by atoms with Crippen LogP contribution in [0.1, 0.15) is 20.9 Å². The average Bonchev–Trinajstić information content (AvgIpc) is 3.22. The van der Waals surface area contributed by atoms with E-state index in [2.05, 4.69) is 16.4 Å². The third-order valence-corrected chi connectivity index (χ3v) is 5.24. The van der Waals surface area contributed by atoms with Crippen molar-refractivity contribution in [2.45, 2.75) is 6.92 Å². The molecule has 0 aliphatic carbocycles. The summed E-state index contributed by atoms with van der Waals surface area (Å²) in [7, 11) is 0. The zero-order valence-electron chi connectivity index (χ0n) is 13.9. The molecule has 0 saturated carbocycles. The molecule has 4 rings (SSSR count). The van der Waals surface area contributed by atoms with Crippen molar-refractivity contribution in [1.29, 1.82) is 5.26 Å². The number of hydrogen-bond donors (Lipinski definition) is 1. The Morgan fingerprint density at radius 2 is 2.00 bits per heavy atom. The Bertz CT molecular complexity index is 1150. The van der Waals surface area contributed by atoms with Crippen molar-refractivity contribution < 1.29 is 4.79 Å². The minimum atomic E-state index is -0.200. The predicted octanol–water partition coefficient (Wildman–Crippen LogP) is 4.50. The van der Waals surface area contributed by atoms with Crippen LogP contribution in [0.3, 0.4) is 0 Å². The van der Waals surface area contributed by atoms with Gasteiger partial charge < -0.3 is 5.32 Å². The van der Waals surface area contributed by atoms with Gasteiger partial charge >= 0.3 is 0 Å². The Kier molecular flexibility index (Phi) is 3.99. The summed E-state index contributed by atoms with van der Waals surface area (Å²) in [4.78, 5) is 18.7. The van der Waals surface area contributed by atoms with Crippen molar-refractivity contribution in [1.82, 2.24) is 9.38 Å². The first-order chi connectivity index (χ1) is 12.7. The van der Waals surface area contributed by atoms with E-state index in [9.17, 15) is 4.79 Å². The summed E-state index contributed by atoms with van der Waals surface area (Å²) in [6.07, 6.45) is 1.95. The molecule has 4 aromatic rings. The van der Waals surface area contributed by atoms with Gasteiger partial charge in [-0.15, -0.1) is 0 Å². The summed E-state index contributed by atoms with van der Waals surface area (Å²) in [5, 5.41) is 11.8. The molecule has 0 unspecified atom stereocenters. The van der Waals surface area contributed by atoms with Crippen molar-refractivity contribution in [2.24, 2.45) is 0 Å². The molecule has 0 saturated heterocycles. The summed E-state index contributed by atoms with van der Waals surface area (Å²) in [6.45, 7) is 1.90. The third kappa shape index (κ3) is 2.85. The number of imidazole rings is 1. The van der Waals surface area contributed by atoms with Gasteiger partial charge in [0.2, 0.25) is 0 Å².